The Morgan fingerprint density at radius 1 is 1.34 bits per heavy atom. The molecular formula is C17H18ClF3N4O2S2. The third-order valence-corrected chi connectivity index (χ3v) is 7.89. The van der Waals surface area contributed by atoms with Crippen molar-refractivity contribution in [3.63, 3.8) is 0 Å². The first-order valence-corrected chi connectivity index (χ1v) is 11.6. The van der Waals surface area contributed by atoms with Crippen LogP contribution >= 0.6 is 22.9 Å². The number of hydrogen-bond acceptors (Lipinski definition) is 6. The minimum absolute atomic E-state index is 0.102. The topological polar surface area (TPSA) is 74.3 Å². The van der Waals surface area contributed by atoms with Crippen molar-refractivity contribution in [1.82, 2.24) is 9.88 Å². The number of alkyl halides is 2. The molecule has 12 heteroatoms. The highest BCUT2D eigenvalue weighted by molar-refractivity contribution is 7.93. The van der Waals surface area contributed by atoms with Crippen LogP contribution in [0.15, 0.2) is 28.6 Å². The van der Waals surface area contributed by atoms with E-state index < -0.39 is 37.2 Å². The molecule has 4 rings (SSSR count). The molecule has 2 N–H and O–H groups in total. The predicted molar refractivity (Wildman–Crippen MR) is 106 cm³/mol. The van der Waals surface area contributed by atoms with Gasteiger partial charge in [-0.15, -0.1) is 11.3 Å². The molecule has 2 fully saturated rings. The number of fused-ring (bicyclic) bond motifs is 1. The molecule has 1 aromatic carbocycles. The van der Waals surface area contributed by atoms with Gasteiger partial charge in [0.05, 0.1) is 12.2 Å². The number of nitrogens with one attached hydrogen (secondary N) is 2. The van der Waals surface area contributed by atoms with Crippen molar-refractivity contribution in [2.45, 2.75) is 35.6 Å². The first kappa shape index (κ1) is 20.7. The first-order valence-electron chi connectivity index (χ1n) is 8.89. The summed E-state index contributed by atoms with van der Waals surface area (Å²) < 4.78 is 69.5. The van der Waals surface area contributed by atoms with E-state index in [1.165, 1.54) is 12.3 Å². The molecule has 0 amide bonds. The third kappa shape index (κ3) is 3.92. The number of halogens is 4. The van der Waals surface area contributed by atoms with Crippen LogP contribution in [0.2, 0.25) is 5.02 Å². The molecule has 2 saturated heterocycles. The van der Waals surface area contributed by atoms with Crippen molar-refractivity contribution in [3.8, 4) is 0 Å². The number of aromatic nitrogens is 1. The van der Waals surface area contributed by atoms with Crippen LogP contribution in [-0.2, 0) is 10.0 Å². The van der Waals surface area contributed by atoms with Crippen molar-refractivity contribution in [1.29, 1.82) is 0 Å². The molecule has 2 aromatic rings. The van der Waals surface area contributed by atoms with E-state index in [0.717, 1.165) is 23.8 Å². The normalized spacial score (nSPS) is 23.9. The summed E-state index contributed by atoms with van der Waals surface area (Å²) >= 11 is 7.12. The van der Waals surface area contributed by atoms with E-state index >= 15 is 0 Å². The fourth-order valence-corrected chi connectivity index (χ4v) is 6.26. The molecule has 0 saturated carbocycles. The van der Waals surface area contributed by atoms with Crippen LogP contribution in [0.3, 0.4) is 0 Å². The Hall–Kier alpha value is -1.56. The van der Waals surface area contributed by atoms with E-state index in [-0.39, 0.29) is 30.3 Å². The average molecular weight is 467 g/mol. The zero-order valence-corrected chi connectivity index (χ0v) is 17.5. The SMILES string of the molecule is O=S(=O)(Nc1nccs1)c1ccc(NCC23CCCN2CC(F)(F)C3)c(Cl)c1F. The lowest BCUT2D eigenvalue weighted by atomic mass is 9.93. The molecule has 158 valence electrons. The summed E-state index contributed by atoms with van der Waals surface area (Å²) in [5, 5.41) is 4.22. The Kier molecular flexibility index (Phi) is 5.21. The van der Waals surface area contributed by atoms with Crippen molar-refractivity contribution in [3.05, 3.63) is 34.5 Å². The second-order valence-electron chi connectivity index (χ2n) is 7.32. The molecule has 2 aliphatic rings. The molecule has 1 atom stereocenters. The van der Waals surface area contributed by atoms with Crippen LogP contribution in [0.5, 0.6) is 0 Å². The molecule has 2 aliphatic heterocycles. The molecule has 0 aliphatic carbocycles. The second kappa shape index (κ2) is 7.29. The summed E-state index contributed by atoms with van der Waals surface area (Å²) in [6.07, 6.45) is 2.58. The number of thiazole rings is 1. The Morgan fingerprint density at radius 3 is 2.86 bits per heavy atom. The van der Waals surface area contributed by atoms with E-state index in [1.54, 1.807) is 10.3 Å². The third-order valence-electron chi connectivity index (χ3n) is 5.35. The number of anilines is 2. The zero-order valence-electron chi connectivity index (χ0n) is 15.1. The number of benzene rings is 1. The van der Waals surface area contributed by atoms with Gasteiger partial charge in [-0.3, -0.25) is 9.62 Å². The summed E-state index contributed by atoms with van der Waals surface area (Å²) in [5.74, 6) is -3.87. The van der Waals surface area contributed by atoms with Gasteiger partial charge in [-0.25, -0.2) is 26.6 Å². The Morgan fingerprint density at radius 2 is 2.14 bits per heavy atom. The van der Waals surface area contributed by atoms with Crippen LogP contribution in [0, 0.1) is 5.82 Å². The largest absolute Gasteiger partial charge is 0.382 e. The van der Waals surface area contributed by atoms with E-state index in [1.807, 2.05) is 0 Å². The summed E-state index contributed by atoms with van der Waals surface area (Å²) in [6.45, 7) is 0.487. The molecule has 29 heavy (non-hydrogen) atoms. The summed E-state index contributed by atoms with van der Waals surface area (Å²) in [4.78, 5) is 4.96. The van der Waals surface area contributed by atoms with Crippen LogP contribution < -0.4 is 10.0 Å². The Balaban J connectivity index is 1.54. The van der Waals surface area contributed by atoms with Crippen molar-refractivity contribution in [2.75, 3.05) is 29.7 Å². The molecule has 0 spiro atoms. The summed E-state index contributed by atoms with van der Waals surface area (Å²) in [6, 6.07) is 2.43. The molecule has 3 heterocycles. The van der Waals surface area contributed by atoms with Gasteiger partial charge in [-0.2, -0.15) is 0 Å². The van der Waals surface area contributed by atoms with Gasteiger partial charge in [0.1, 0.15) is 9.92 Å². The quantitative estimate of drug-likeness (QED) is 0.672. The number of nitrogens with zero attached hydrogens (tertiary/aromatic N) is 2. The molecule has 1 aromatic heterocycles. The maximum atomic E-state index is 14.7. The smallest absolute Gasteiger partial charge is 0.266 e. The van der Waals surface area contributed by atoms with E-state index in [0.29, 0.717) is 13.0 Å². The highest BCUT2D eigenvalue weighted by atomic mass is 35.5. The van der Waals surface area contributed by atoms with Gasteiger partial charge in [-0.1, -0.05) is 11.6 Å². The lowest BCUT2D eigenvalue weighted by Gasteiger charge is -2.32. The van der Waals surface area contributed by atoms with Gasteiger partial charge < -0.3 is 5.32 Å². The van der Waals surface area contributed by atoms with Gasteiger partial charge in [0.15, 0.2) is 10.9 Å². The maximum absolute atomic E-state index is 14.7. The predicted octanol–water partition coefficient (Wildman–Crippen LogP) is 4.02. The van der Waals surface area contributed by atoms with Crippen molar-refractivity contribution in [2.24, 2.45) is 0 Å². The molecule has 0 radical (unpaired) electrons. The molecule has 1 unspecified atom stereocenters. The fourth-order valence-electron chi connectivity index (χ4n) is 4.10. The van der Waals surface area contributed by atoms with Crippen molar-refractivity contribution >= 4 is 43.8 Å². The van der Waals surface area contributed by atoms with Gasteiger partial charge in [0.25, 0.3) is 15.9 Å². The maximum Gasteiger partial charge on any atom is 0.266 e. The second-order valence-corrected chi connectivity index (χ2v) is 10.2. The monoisotopic (exact) mass is 466 g/mol. The van der Waals surface area contributed by atoms with Gasteiger partial charge in [-0.05, 0) is 31.5 Å². The molecular weight excluding hydrogens is 449 g/mol. The first-order chi connectivity index (χ1) is 13.6. The molecule has 0 bridgehead atoms. The van der Waals surface area contributed by atoms with Crippen molar-refractivity contribution < 1.29 is 21.6 Å². The fraction of sp³-hybridized carbons (Fsp3) is 0.471. The summed E-state index contributed by atoms with van der Waals surface area (Å²) in [7, 11) is -4.21. The van der Waals surface area contributed by atoms with E-state index in [4.69, 9.17) is 11.6 Å². The summed E-state index contributed by atoms with van der Waals surface area (Å²) in [5.41, 5.74) is -0.547. The van der Waals surface area contributed by atoms with Gasteiger partial charge in [0, 0.05) is 30.1 Å². The van der Waals surface area contributed by atoms with Crippen LogP contribution in [-0.4, -0.2) is 49.4 Å². The van der Waals surface area contributed by atoms with E-state index in [9.17, 15) is 21.6 Å². The van der Waals surface area contributed by atoms with Crippen LogP contribution in [0.4, 0.5) is 24.0 Å². The van der Waals surface area contributed by atoms with Crippen LogP contribution in [0.25, 0.3) is 0 Å². The number of hydrogen-bond donors (Lipinski definition) is 2. The van der Waals surface area contributed by atoms with Gasteiger partial charge in [0.2, 0.25) is 0 Å². The number of sulfonamides is 1. The lowest BCUT2D eigenvalue weighted by Crippen LogP contribution is -2.44. The average Bonchev–Trinajstić information content (AvgIpc) is 3.30. The zero-order chi connectivity index (χ0) is 20.9. The van der Waals surface area contributed by atoms with E-state index in [2.05, 4.69) is 15.0 Å². The Labute approximate surface area is 175 Å². The lowest BCUT2D eigenvalue weighted by molar-refractivity contribution is 0.00976. The number of rotatable bonds is 6. The minimum atomic E-state index is -4.21. The standard InChI is InChI=1S/C17H18ClF3N4O2S2/c18-13-11(23-9-16-4-1-6-25(16)10-17(20,21)8-16)2-3-12(14(13)19)29(26,27)24-15-22-5-7-28-15/h2-3,5,7,23H,1,4,6,8-10H2,(H,22,24). The Bertz CT molecular complexity index is 1020. The molecule has 6 nitrogen and oxygen atoms in total. The highest BCUT2D eigenvalue weighted by Gasteiger charge is 2.56. The minimum Gasteiger partial charge on any atom is -0.382 e. The van der Waals surface area contributed by atoms with Crippen LogP contribution in [0.1, 0.15) is 19.3 Å². The highest BCUT2D eigenvalue weighted by Crippen LogP contribution is 2.46. The van der Waals surface area contributed by atoms with Gasteiger partial charge >= 0.3 is 0 Å².